The number of aromatic nitrogens is 1. The lowest BCUT2D eigenvalue weighted by Crippen LogP contribution is -2.24. The van der Waals surface area contributed by atoms with Gasteiger partial charge in [0.1, 0.15) is 5.82 Å². The molecule has 0 amide bonds. The van der Waals surface area contributed by atoms with Gasteiger partial charge in [-0.15, -0.1) is 0 Å². The minimum Gasteiger partial charge on any atom is -0.359 e. The zero-order valence-electron chi connectivity index (χ0n) is 7.67. The second-order valence-corrected chi connectivity index (χ2v) is 5.47. The molecule has 0 N–H and O–H groups in total. The molecule has 0 radical (unpaired) electrons. The highest BCUT2D eigenvalue weighted by molar-refractivity contribution is 9.10. The number of alkyl halides is 1. The summed E-state index contributed by atoms with van der Waals surface area (Å²) in [6.45, 7) is 3.07. The van der Waals surface area contributed by atoms with E-state index in [0.29, 0.717) is 4.83 Å². The van der Waals surface area contributed by atoms with Crippen molar-refractivity contribution in [3.05, 3.63) is 22.8 Å². The standard InChI is InChI=1S/C9H12Br2N2/c1-7(10)6-13(2)9-4-3-8(11)5-12-9/h3-5,7H,6H2,1-2H3. The van der Waals surface area contributed by atoms with Crippen LogP contribution in [0.5, 0.6) is 0 Å². The summed E-state index contributed by atoms with van der Waals surface area (Å²) in [5.41, 5.74) is 0. The number of pyridine rings is 1. The van der Waals surface area contributed by atoms with Crippen molar-refractivity contribution in [2.24, 2.45) is 0 Å². The van der Waals surface area contributed by atoms with Crippen molar-refractivity contribution in [1.82, 2.24) is 4.98 Å². The summed E-state index contributed by atoms with van der Waals surface area (Å²) in [6, 6.07) is 4.00. The normalized spacial score (nSPS) is 12.6. The molecular weight excluding hydrogens is 296 g/mol. The molecule has 0 aromatic carbocycles. The number of rotatable bonds is 3. The molecule has 0 aliphatic heterocycles. The smallest absolute Gasteiger partial charge is 0.128 e. The first-order valence-electron chi connectivity index (χ1n) is 4.06. The molecule has 4 heteroatoms. The van der Waals surface area contributed by atoms with Gasteiger partial charge in [-0.2, -0.15) is 0 Å². The van der Waals surface area contributed by atoms with Crippen molar-refractivity contribution in [2.45, 2.75) is 11.8 Å². The summed E-state index contributed by atoms with van der Waals surface area (Å²) >= 11 is 6.86. The van der Waals surface area contributed by atoms with E-state index in [0.717, 1.165) is 16.8 Å². The van der Waals surface area contributed by atoms with E-state index in [2.05, 4.69) is 48.7 Å². The first-order valence-corrected chi connectivity index (χ1v) is 5.77. The minimum atomic E-state index is 0.475. The lowest BCUT2D eigenvalue weighted by molar-refractivity contribution is 0.860. The second-order valence-electron chi connectivity index (χ2n) is 3.00. The third-order valence-corrected chi connectivity index (χ3v) is 2.39. The fraction of sp³-hybridized carbons (Fsp3) is 0.444. The van der Waals surface area contributed by atoms with Crippen LogP contribution in [0, 0.1) is 0 Å². The average molecular weight is 308 g/mol. The molecule has 0 aliphatic carbocycles. The van der Waals surface area contributed by atoms with Crippen LogP contribution in [0.4, 0.5) is 5.82 Å². The molecule has 1 atom stereocenters. The monoisotopic (exact) mass is 306 g/mol. The molecule has 0 aliphatic rings. The van der Waals surface area contributed by atoms with Crippen LogP contribution in [0.3, 0.4) is 0 Å². The SMILES string of the molecule is CC(Br)CN(C)c1ccc(Br)cn1. The van der Waals surface area contributed by atoms with Crippen LogP contribution in [-0.2, 0) is 0 Å². The third-order valence-electron chi connectivity index (χ3n) is 1.63. The van der Waals surface area contributed by atoms with Gasteiger partial charge >= 0.3 is 0 Å². The van der Waals surface area contributed by atoms with E-state index in [1.54, 1.807) is 0 Å². The highest BCUT2D eigenvalue weighted by Crippen LogP contribution is 2.14. The Bertz CT molecular complexity index is 259. The zero-order valence-corrected chi connectivity index (χ0v) is 10.8. The van der Waals surface area contributed by atoms with Crippen LogP contribution < -0.4 is 4.90 Å². The van der Waals surface area contributed by atoms with Gasteiger partial charge in [-0.05, 0) is 28.1 Å². The summed E-state index contributed by atoms with van der Waals surface area (Å²) in [4.78, 5) is 6.88. The summed E-state index contributed by atoms with van der Waals surface area (Å²) < 4.78 is 1.01. The van der Waals surface area contributed by atoms with E-state index in [1.165, 1.54) is 0 Å². The Morgan fingerprint density at radius 2 is 2.23 bits per heavy atom. The maximum absolute atomic E-state index is 4.29. The molecule has 72 valence electrons. The van der Waals surface area contributed by atoms with E-state index < -0.39 is 0 Å². The van der Waals surface area contributed by atoms with E-state index in [-0.39, 0.29) is 0 Å². The van der Waals surface area contributed by atoms with E-state index in [9.17, 15) is 0 Å². The number of nitrogens with zero attached hydrogens (tertiary/aromatic N) is 2. The molecule has 0 saturated heterocycles. The predicted molar refractivity (Wildman–Crippen MR) is 63.6 cm³/mol. The molecule has 1 rings (SSSR count). The van der Waals surface area contributed by atoms with E-state index >= 15 is 0 Å². The number of anilines is 1. The molecule has 13 heavy (non-hydrogen) atoms. The van der Waals surface area contributed by atoms with Crippen molar-refractivity contribution in [2.75, 3.05) is 18.5 Å². The quantitative estimate of drug-likeness (QED) is 0.798. The second kappa shape index (κ2) is 4.96. The highest BCUT2D eigenvalue weighted by atomic mass is 79.9. The van der Waals surface area contributed by atoms with Gasteiger partial charge in [0.15, 0.2) is 0 Å². The number of hydrogen-bond acceptors (Lipinski definition) is 2. The van der Waals surface area contributed by atoms with E-state index in [4.69, 9.17) is 0 Å². The van der Waals surface area contributed by atoms with Crippen LogP contribution >= 0.6 is 31.9 Å². The van der Waals surface area contributed by atoms with Gasteiger partial charge in [-0.25, -0.2) is 4.98 Å². The summed E-state index contributed by atoms with van der Waals surface area (Å²) in [7, 11) is 2.04. The van der Waals surface area contributed by atoms with Gasteiger partial charge in [0.25, 0.3) is 0 Å². The maximum Gasteiger partial charge on any atom is 0.128 e. The van der Waals surface area contributed by atoms with Gasteiger partial charge < -0.3 is 4.90 Å². The topological polar surface area (TPSA) is 16.1 Å². The Morgan fingerprint density at radius 1 is 1.54 bits per heavy atom. The lowest BCUT2D eigenvalue weighted by Gasteiger charge is -2.19. The molecule has 0 spiro atoms. The predicted octanol–water partition coefficient (Wildman–Crippen LogP) is 3.06. The number of hydrogen-bond donors (Lipinski definition) is 0. The van der Waals surface area contributed by atoms with E-state index in [1.807, 2.05) is 25.4 Å². The molecule has 0 bridgehead atoms. The van der Waals surface area contributed by atoms with Crippen LogP contribution in [-0.4, -0.2) is 23.4 Å². The zero-order chi connectivity index (χ0) is 9.84. The lowest BCUT2D eigenvalue weighted by atomic mass is 10.4. The van der Waals surface area contributed by atoms with Crippen LogP contribution in [0.2, 0.25) is 0 Å². The molecular formula is C9H12Br2N2. The highest BCUT2D eigenvalue weighted by Gasteiger charge is 2.04. The summed E-state index contributed by atoms with van der Waals surface area (Å²) in [5, 5.41) is 0. The van der Waals surface area contributed by atoms with Crippen LogP contribution in [0.25, 0.3) is 0 Å². The Kier molecular flexibility index (Phi) is 4.19. The van der Waals surface area contributed by atoms with Crippen LogP contribution in [0.15, 0.2) is 22.8 Å². The molecule has 0 fully saturated rings. The summed E-state index contributed by atoms with van der Waals surface area (Å²) in [5.74, 6) is 0.995. The van der Waals surface area contributed by atoms with Gasteiger partial charge in [0.2, 0.25) is 0 Å². The molecule has 1 unspecified atom stereocenters. The first-order chi connectivity index (χ1) is 6.09. The van der Waals surface area contributed by atoms with Crippen molar-refractivity contribution in [3.8, 4) is 0 Å². The molecule has 0 saturated carbocycles. The maximum atomic E-state index is 4.29. The molecule has 1 heterocycles. The Balaban J connectivity index is 2.66. The largest absolute Gasteiger partial charge is 0.359 e. The first kappa shape index (κ1) is 11.0. The average Bonchev–Trinajstić information content (AvgIpc) is 2.04. The molecule has 2 nitrogen and oxygen atoms in total. The Hall–Kier alpha value is -0.0900. The Morgan fingerprint density at radius 3 is 2.69 bits per heavy atom. The molecule has 1 aromatic heterocycles. The number of halogens is 2. The van der Waals surface area contributed by atoms with Crippen molar-refractivity contribution in [3.63, 3.8) is 0 Å². The van der Waals surface area contributed by atoms with Gasteiger partial charge in [0, 0.05) is 29.1 Å². The minimum absolute atomic E-state index is 0.475. The van der Waals surface area contributed by atoms with Crippen molar-refractivity contribution < 1.29 is 0 Å². The van der Waals surface area contributed by atoms with Crippen molar-refractivity contribution >= 4 is 37.7 Å². The fourth-order valence-electron chi connectivity index (χ4n) is 1.06. The fourth-order valence-corrected chi connectivity index (χ4v) is 1.73. The third kappa shape index (κ3) is 3.65. The van der Waals surface area contributed by atoms with Gasteiger partial charge in [-0.1, -0.05) is 22.9 Å². The summed E-state index contributed by atoms with van der Waals surface area (Å²) in [6.07, 6.45) is 1.81. The van der Waals surface area contributed by atoms with Crippen molar-refractivity contribution in [1.29, 1.82) is 0 Å². The molecule has 1 aromatic rings. The van der Waals surface area contributed by atoms with Gasteiger partial charge in [0.05, 0.1) is 0 Å². The Labute approximate surface area is 95.6 Å². The van der Waals surface area contributed by atoms with Gasteiger partial charge in [-0.3, -0.25) is 0 Å². The van der Waals surface area contributed by atoms with Crippen LogP contribution in [0.1, 0.15) is 6.92 Å².